The summed E-state index contributed by atoms with van der Waals surface area (Å²) in [6.07, 6.45) is 1.03. The summed E-state index contributed by atoms with van der Waals surface area (Å²) in [5, 5.41) is 2.94. The topological polar surface area (TPSA) is 38.3 Å². The lowest BCUT2D eigenvalue weighted by molar-refractivity contribution is -0.118. The molecule has 2 aromatic carbocycles. The number of amides is 1. The average molecular weight is 297 g/mol. The van der Waals surface area contributed by atoms with Crippen LogP contribution in [0, 0.1) is 6.92 Å². The van der Waals surface area contributed by atoms with Crippen molar-refractivity contribution in [3.8, 4) is 5.75 Å². The Morgan fingerprint density at radius 2 is 1.82 bits per heavy atom. The van der Waals surface area contributed by atoms with Crippen molar-refractivity contribution in [2.45, 2.75) is 33.1 Å². The first-order valence-corrected chi connectivity index (χ1v) is 7.68. The summed E-state index contributed by atoms with van der Waals surface area (Å²) in [5.74, 6) is 0.974. The zero-order valence-corrected chi connectivity index (χ0v) is 13.4. The molecule has 2 aromatic rings. The van der Waals surface area contributed by atoms with E-state index in [0.717, 1.165) is 17.7 Å². The zero-order chi connectivity index (χ0) is 15.9. The first-order chi connectivity index (χ1) is 10.6. The molecule has 0 aliphatic carbocycles. The van der Waals surface area contributed by atoms with Gasteiger partial charge in [0, 0.05) is 5.69 Å². The van der Waals surface area contributed by atoms with Crippen molar-refractivity contribution in [1.29, 1.82) is 0 Å². The monoisotopic (exact) mass is 297 g/mol. The van der Waals surface area contributed by atoms with Gasteiger partial charge in [-0.1, -0.05) is 49.7 Å². The number of rotatable bonds is 6. The number of nitrogens with one attached hydrogen (secondary N) is 1. The molecule has 0 spiro atoms. The van der Waals surface area contributed by atoms with Gasteiger partial charge in [-0.2, -0.15) is 0 Å². The summed E-state index contributed by atoms with van der Waals surface area (Å²) in [6.45, 7) is 6.33. The second-order valence-electron chi connectivity index (χ2n) is 5.55. The van der Waals surface area contributed by atoms with Crippen molar-refractivity contribution in [2.75, 3.05) is 11.9 Å². The van der Waals surface area contributed by atoms with E-state index in [1.807, 2.05) is 49.4 Å². The summed E-state index contributed by atoms with van der Waals surface area (Å²) in [4.78, 5) is 12.1. The molecular formula is C19H23NO2. The van der Waals surface area contributed by atoms with Crippen LogP contribution in [0.1, 0.15) is 37.3 Å². The van der Waals surface area contributed by atoms with Gasteiger partial charge in [0.1, 0.15) is 5.75 Å². The SMILES string of the molecule is CCC(C)c1ccccc1NC(=O)COc1ccc(C)cc1. The third kappa shape index (κ3) is 4.35. The van der Waals surface area contributed by atoms with Crippen LogP contribution in [0.2, 0.25) is 0 Å². The maximum atomic E-state index is 12.1. The van der Waals surface area contributed by atoms with E-state index in [-0.39, 0.29) is 12.5 Å². The highest BCUT2D eigenvalue weighted by atomic mass is 16.5. The predicted octanol–water partition coefficient (Wildman–Crippen LogP) is 4.53. The van der Waals surface area contributed by atoms with Crippen molar-refractivity contribution in [3.63, 3.8) is 0 Å². The molecule has 2 rings (SSSR count). The van der Waals surface area contributed by atoms with Gasteiger partial charge >= 0.3 is 0 Å². The van der Waals surface area contributed by atoms with Crippen LogP contribution in [0.5, 0.6) is 5.75 Å². The number of para-hydroxylation sites is 1. The molecule has 0 radical (unpaired) electrons. The van der Waals surface area contributed by atoms with Gasteiger partial charge < -0.3 is 10.1 Å². The second kappa shape index (κ2) is 7.64. The fourth-order valence-electron chi connectivity index (χ4n) is 2.23. The highest BCUT2D eigenvalue weighted by Crippen LogP contribution is 2.26. The maximum absolute atomic E-state index is 12.1. The van der Waals surface area contributed by atoms with Gasteiger partial charge in [-0.3, -0.25) is 4.79 Å². The molecule has 0 heterocycles. The van der Waals surface area contributed by atoms with Crippen LogP contribution in [0.15, 0.2) is 48.5 Å². The number of benzene rings is 2. The summed E-state index contributed by atoms with van der Waals surface area (Å²) in [6, 6.07) is 15.6. The van der Waals surface area contributed by atoms with Crippen molar-refractivity contribution >= 4 is 11.6 Å². The molecule has 0 fully saturated rings. The van der Waals surface area contributed by atoms with Gasteiger partial charge in [0.05, 0.1) is 0 Å². The molecule has 22 heavy (non-hydrogen) atoms. The van der Waals surface area contributed by atoms with E-state index in [1.165, 1.54) is 5.56 Å². The minimum absolute atomic E-state index is 0.0118. The molecule has 3 heteroatoms. The van der Waals surface area contributed by atoms with Gasteiger partial charge in [0.2, 0.25) is 0 Å². The van der Waals surface area contributed by atoms with E-state index in [4.69, 9.17) is 4.74 Å². The fraction of sp³-hybridized carbons (Fsp3) is 0.316. The van der Waals surface area contributed by atoms with E-state index in [9.17, 15) is 4.79 Å². The average Bonchev–Trinajstić information content (AvgIpc) is 2.54. The molecule has 1 amide bonds. The van der Waals surface area contributed by atoms with Crippen LogP contribution in [-0.4, -0.2) is 12.5 Å². The lowest BCUT2D eigenvalue weighted by Gasteiger charge is -2.15. The number of carbonyl (C=O) groups is 1. The third-order valence-electron chi connectivity index (χ3n) is 3.77. The Hall–Kier alpha value is -2.29. The fourth-order valence-corrected chi connectivity index (χ4v) is 2.23. The molecule has 0 aliphatic heterocycles. The molecule has 0 aliphatic rings. The van der Waals surface area contributed by atoms with Crippen molar-refractivity contribution < 1.29 is 9.53 Å². The normalized spacial score (nSPS) is 11.8. The number of carbonyl (C=O) groups excluding carboxylic acids is 1. The number of ether oxygens (including phenoxy) is 1. The van der Waals surface area contributed by atoms with Gasteiger partial charge in [0.25, 0.3) is 5.91 Å². The lowest BCUT2D eigenvalue weighted by Crippen LogP contribution is -2.21. The van der Waals surface area contributed by atoms with Crippen LogP contribution in [0.3, 0.4) is 0 Å². The Morgan fingerprint density at radius 1 is 1.14 bits per heavy atom. The second-order valence-corrected chi connectivity index (χ2v) is 5.55. The largest absolute Gasteiger partial charge is 0.484 e. The number of aryl methyl sites for hydroxylation is 1. The standard InChI is InChI=1S/C19H23NO2/c1-4-15(3)17-7-5-6-8-18(17)20-19(21)13-22-16-11-9-14(2)10-12-16/h5-12,15H,4,13H2,1-3H3,(H,20,21). The minimum atomic E-state index is -0.142. The van der Waals surface area contributed by atoms with E-state index < -0.39 is 0 Å². The first-order valence-electron chi connectivity index (χ1n) is 7.68. The van der Waals surface area contributed by atoms with Crippen molar-refractivity contribution in [2.24, 2.45) is 0 Å². The maximum Gasteiger partial charge on any atom is 0.262 e. The summed E-state index contributed by atoms with van der Waals surface area (Å²) >= 11 is 0. The van der Waals surface area contributed by atoms with Crippen LogP contribution >= 0.6 is 0 Å². The number of hydrogen-bond acceptors (Lipinski definition) is 2. The molecular weight excluding hydrogens is 274 g/mol. The lowest BCUT2D eigenvalue weighted by atomic mass is 9.97. The van der Waals surface area contributed by atoms with E-state index >= 15 is 0 Å². The van der Waals surface area contributed by atoms with Crippen LogP contribution in [0.25, 0.3) is 0 Å². The van der Waals surface area contributed by atoms with Gasteiger partial charge in [0.15, 0.2) is 6.61 Å². The molecule has 0 bridgehead atoms. The van der Waals surface area contributed by atoms with Crippen molar-refractivity contribution in [3.05, 3.63) is 59.7 Å². The summed E-state index contributed by atoms with van der Waals surface area (Å²) in [7, 11) is 0. The highest BCUT2D eigenvalue weighted by molar-refractivity contribution is 5.92. The molecule has 0 saturated carbocycles. The van der Waals surface area contributed by atoms with Crippen LogP contribution in [-0.2, 0) is 4.79 Å². The molecule has 1 N–H and O–H groups in total. The first kappa shape index (κ1) is 16.1. The van der Waals surface area contributed by atoms with Crippen LogP contribution < -0.4 is 10.1 Å². The zero-order valence-electron chi connectivity index (χ0n) is 13.4. The summed E-state index contributed by atoms with van der Waals surface area (Å²) < 4.78 is 5.51. The molecule has 1 atom stereocenters. The molecule has 3 nitrogen and oxygen atoms in total. The Balaban J connectivity index is 1.96. The van der Waals surface area contributed by atoms with Gasteiger partial charge in [-0.15, -0.1) is 0 Å². The smallest absolute Gasteiger partial charge is 0.262 e. The van der Waals surface area contributed by atoms with Gasteiger partial charge in [-0.25, -0.2) is 0 Å². The molecule has 116 valence electrons. The minimum Gasteiger partial charge on any atom is -0.484 e. The molecule has 1 unspecified atom stereocenters. The van der Waals surface area contributed by atoms with Crippen LogP contribution in [0.4, 0.5) is 5.69 Å². The quantitative estimate of drug-likeness (QED) is 0.851. The summed E-state index contributed by atoms with van der Waals surface area (Å²) in [5.41, 5.74) is 3.20. The third-order valence-corrected chi connectivity index (χ3v) is 3.77. The Bertz CT molecular complexity index is 620. The predicted molar refractivity (Wildman–Crippen MR) is 90.5 cm³/mol. The van der Waals surface area contributed by atoms with Gasteiger partial charge in [-0.05, 0) is 43.0 Å². The van der Waals surface area contributed by atoms with E-state index in [1.54, 1.807) is 0 Å². The highest BCUT2D eigenvalue weighted by Gasteiger charge is 2.11. The van der Waals surface area contributed by atoms with E-state index in [2.05, 4.69) is 25.2 Å². The number of hydrogen-bond donors (Lipinski definition) is 1. The Labute approximate surface area is 132 Å². The number of anilines is 1. The molecule has 0 aromatic heterocycles. The van der Waals surface area contributed by atoms with E-state index in [0.29, 0.717) is 11.7 Å². The molecule has 0 saturated heterocycles. The Kier molecular flexibility index (Phi) is 5.59. The van der Waals surface area contributed by atoms with Crippen molar-refractivity contribution in [1.82, 2.24) is 0 Å². The Morgan fingerprint density at radius 3 is 2.50 bits per heavy atom.